The fraction of sp³-hybridized carbons (Fsp3) is 0.0909. The second-order valence-electron chi connectivity index (χ2n) is 3.77. The number of halogens is 3. The van der Waals surface area contributed by atoms with Gasteiger partial charge in [0.1, 0.15) is 12.4 Å². The van der Waals surface area contributed by atoms with Crippen LogP contribution in [0.3, 0.4) is 0 Å². The van der Waals surface area contributed by atoms with E-state index < -0.39 is 29.0 Å². The van der Waals surface area contributed by atoms with Crippen LogP contribution >= 0.6 is 0 Å². The van der Waals surface area contributed by atoms with E-state index in [1.165, 1.54) is 17.1 Å². The number of carbonyl (C=O) groups is 1. The van der Waals surface area contributed by atoms with Gasteiger partial charge < -0.3 is 11.1 Å². The van der Waals surface area contributed by atoms with Gasteiger partial charge in [0.15, 0.2) is 11.6 Å². The Morgan fingerprint density at radius 3 is 2.58 bits per heavy atom. The fourth-order valence-electron chi connectivity index (χ4n) is 1.42. The second-order valence-corrected chi connectivity index (χ2v) is 3.77. The van der Waals surface area contributed by atoms with Crippen LogP contribution in [0.25, 0.3) is 0 Å². The first-order valence-corrected chi connectivity index (χ1v) is 5.18. The number of nitrogen functional groups attached to an aromatic ring is 1. The van der Waals surface area contributed by atoms with Gasteiger partial charge in [-0.2, -0.15) is 5.10 Å². The first-order valence-electron chi connectivity index (χ1n) is 5.18. The van der Waals surface area contributed by atoms with Crippen LogP contribution in [0.4, 0.5) is 24.5 Å². The molecule has 1 heterocycles. The lowest BCUT2D eigenvalue weighted by Gasteiger charge is -2.07. The summed E-state index contributed by atoms with van der Waals surface area (Å²) >= 11 is 0. The summed E-state index contributed by atoms with van der Waals surface area (Å²) in [4.78, 5) is 11.5. The standard InChI is InChI=1S/C11H9F3N4O/c12-7-1-9(14)10(2-8(7)13)17-11(19)5-18-4-6(15)3-16-18/h1-4H,5,15H2,(H,17,19). The highest BCUT2D eigenvalue weighted by Crippen LogP contribution is 2.18. The Hall–Kier alpha value is -2.51. The Kier molecular flexibility index (Phi) is 3.41. The number of rotatable bonds is 3. The van der Waals surface area contributed by atoms with E-state index in [2.05, 4.69) is 10.4 Å². The van der Waals surface area contributed by atoms with E-state index in [0.717, 1.165) is 0 Å². The van der Waals surface area contributed by atoms with Crippen molar-refractivity contribution < 1.29 is 18.0 Å². The third-order valence-corrected chi connectivity index (χ3v) is 2.24. The zero-order chi connectivity index (χ0) is 14.0. The summed E-state index contributed by atoms with van der Waals surface area (Å²) < 4.78 is 40.1. The van der Waals surface area contributed by atoms with Crippen molar-refractivity contribution >= 4 is 17.3 Å². The van der Waals surface area contributed by atoms with Crippen LogP contribution in [0.2, 0.25) is 0 Å². The lowest BCUT2D eigenvalue weighted by molar-refractivity contribution is -0.116. The molecule has 0 aliphatic rings. The van der Waals surface area contributed by atoms with E-state index in [-0.39, 0.29) is 6.54 Å². The van der Waals surface area contributed by atoms with E-state index in [4.69, 9.17) is 5.73 Å². The van der Waals surface area contributed by atoms with Gasteiger partial charge in [-0.1, -0.05) is 0 Å². The lowest BCUT2D eigenvalue weighted by Crippen LogP contribution is -2.20. The van der Waals surface area contributed by atoms with Crippen LogP contribution in [-0.2, 0) is 11.3 Å². The molecule has 0 saturated heterocycles. The Morgan fingerprint density at radius 1 is 1.26 bits per heavy atom. The van der Waals surface area contributed by atoms with Crippen molar-refractivity contribution in [3.63, 3.8) is 0 Å². The summed E-state index contributed by atoms with van der Waals surface area (Å²) in [5.74, 6) is -4.28. The van der Waals surface area contributed by atoms with E-state index in [0.29, 0.717) is 17.8 Å². The normalized spacial score (nSPS) is 10.5. The molecule has 0 fully saturated rings. The average Bonchev–Trinajstić information content (AvgIpc) is 2.71. The molecule has 8 heteroatoms. The van der Waals surface area contributed by atoms with Crippen molar-refractivity contribution in [3.05, 3.63) is 42.0 Å². The van der Waals surface area contributed by atoms with Crippen molar-refractivity contribution in [1.29, 1.82) is 0 Å². The first kappa shape index (κ1) is 12.9. The van der Waals surface area contributed by atoms with Crippen LogP contribution in [0.15, 0.2) is 24.5 Å². The lowest BCUT2D eigenvalue weighted by atomic mass is 10.3. The van der Waals surface area contributed by atoms with Crippen LogP contribution < -0.4 is 11.1 Å². The van der Waals surface area contributed by atoms with Crippen LogP contribution in [0.1, 0.15) is 0 Å². The Morgan fingerprint density at radius 2 is 1.95 bits per heavy atom. The Balaban J connectivity index is 2.09. The van der Waals surface area contributed by atoms with E-state index >= 15 is 0 Å². The summed E-state index contributed by atoms with van der Waals surface area (Å²) in [6.07, 6.45) is 2.74. The molecule has 2 aromatic rings. The molecule has 0 aliphatic carbocycles. The molecule has 1 aromatic carbocycles. The summed E-state index contributed by atoms with van der Waals surface area (Å²) in [5, 5.41) is 5.87. The number of amides is 1. The minimum atomic E-state index is -1.32. The number of nitrogens with one attached hydrogen (secondary N) is 1. The molecule has 0 atom stereocenters. The van der Waals surface area contributed by atoms with Gasteiger partial charge in [-0.15, -0.1) is 0 Å². The minimum absolute atomic E-state index is 0.227. The molecule has 1 aromatic heterocycles. The quantitative estimate of drug-likeness (QED) is 0.830. The molecule has 0 aliphatic heterocycles. The summed E-state index contributed by atoms with van der Waals surface area (Å²) in [6.45, 7) is -0.227. The smallest absolute Gasteiger partial charge is 0.246 e. The predicted octanol–water partition coefficient (Wildman–Crippen LogP) is 1.52. The van der Waals surface area contributed by atoms with Crippen LogP contribution in [0.5, 0.6) is 0 Å². The van der Waals surface area contributed by atoms with Gasteiger partial charge in [-0.25, -0.2) is 13.2 Å². The van der Waals surface area contributed by atoms with E-state index in [9.17, 15) is 18.0 Å². The SMILES string of the molecule is Nc1cnn(CC(=O)Nc2cc(F)c(F)cc2F)c1. The number of anilines is 2. The summed E-state index contributed by atoms with van der Waals surface area (Å²) in [6, 6.07) is 0.927. The maximum atomic E-state index is 13.3. The first-order chi connectivity index (χ1) is 8.95. The van der Waals surface area contributed by atoms with Gasteiger partial charge in [-0.05, 0) is 0 Å². The van der Waals surface area contributed by atoms with Crippen molar-refractivity contribution in [1.82, 2.24) is 9.78 Å². The maximum absolute atomic E-state index is 13.3. The fourth-order valence-corrected chi connectivity index (χ4v) is 1.42. The number of benzene rings is 1. The highest BCUT2D eigenvalue weighted by molar-refractivity contribution is 5.90. The number of nitrogens with zero attached hydrogens (tertiary/aromatic N) is 2. The van der Waals surface area contributed by atoms with Gasteiger partial charge in [0.25, 0.3) is 0 Å². The highest BCUT2D eigenvalue weighted by Gasteiger charge is 2.12. The van der Waals surface area contributed by atoms with Gasteiger partial charge >= 0.3 is 0 Å². The monoisotopic (exact) mass is 270 g/mol. The molecule has 0 saturated carbocycles. The molecule has 3 N–H and O–H groups in total. The Bertz CT molecular complexity index is 626. The molecule has 1 amide bonds. The molecule has 5 nitrogen and oxygen atoms in total. The van der Waals surface area contributed by atoms with Crippen molar-refractivity contribution in [3.8, 4) is 0 Å². The molecule has 0 unspecified atom stereocenters. The molecule has 0 radical (unpaired) electrons. The third-order valence-electron chi connectivity index (χ3n) is 2.24. The zero-order valence-electron chi connectivity index (χ0n) is 9.53. The molecule has 0 spiro atoms. The maximum Gasteiger partial charge on any atom is 0.246 e. The van der Waals surface area contributed by atoms with Gasteiger partial charge in [0.2, 0.25) is 5.91 Å². The number of nitrogens with two attached hydrogens (primary N) is 1. The molecular weight excluding hydrogens is 261 g/mol. The molecule has 0 bridgehead atoms. The summed E-state index contributed by atoms with van der Waals surface area (Å²) in [5.41, 5.74) is 5.33. The van der Waals surface area contributed by atoms with Crippen molar-refractivity contribution in [2.45, 2.75) is 6.54 Å². The van der Waals surface area contributed by atoms with Crippen LogP contribution in [0, 0.1) is 17.5 Å². The molecule has 100 valence electrons. The Labute approximate surface area is 105 Å². The number of carbonyl (C=O) groups excluding carboxylic acids is 1. The number of aromatic nitrogens is 2. The van der Waals surface area contributed by atoms with Crippen molar-refractivity contribution in [2.24, 2.45) is 0 Å². The zero-order valence-corrected chi connectivity index (χ0v) is 9.53. The molecular formula is C11H9F3N4O. The minimum Gasteiger partial charge on any atom is -0.396 e. The van der Waals surface area contributed by atoms with E-state index in [1.807, 2.05) is 0 Å². The van der Waals surface area contributed by atoms with Crippen molar-refractivity contribution in [2.75, 3.05) is 11.1 Å². The highest BCUT2D eigenvalue weighted by atomic mass is 19.2. The third kappa shape index (κ3) is 3.03. The molecule has 2 rings (SSSR count). The van der Waals surface area contributed by atoms with Crippen LogP contribution in [-0.4, -0.2) is 15.7 Å². The predicted molar refractivity (Wildman–Crippen MR) is 61.6 cm³/mol. The topological polar surface area (TPSA) is 72.9 Å². The largest absolute Gasteiger partial charge is 0.396 e. The van der Waals surface area contributed by atoms with Gasteiger partial charge in [0, 0.05) is 18.3 Å². The molecule has 19 heavy (non-hydrogen) atoms. The average molecular weight is 270 g/mol. The summed E-state index contributed by atoms with van der Waals surface area (Å²) in [7, 11) is 0. The van der Waals surface area contributed by atoms with E-state index in [1.54, 1.807) is 0 Å². The number of hydrogen-bond acceptors (Lipinski definition) is 3. The number of hydrogen-bond donors (Lipinski definition) is 2. The van der Waals surface area contributed by atoms with Gasteiger partial charge in [0.05, 0.1) is 17.6 Å². The van der Waals surface area contributed by atoms with Gasteiger partial charge in [-0.3, -0.25) is 9.48 Å². The second kappa shape index (κ2) is 5.01.